The molecule has 1 saturated heterocycles. The van der Waals surface area contributed by atoms with Crippen LogP contribution in [0.5, 0.6) is 0 Å². The lowest BCUT2D eigenvalue weighted by atomic mass is 9.78. The number of fused-ring (bicyclic) bond motifs is 2. The fourth-order valence-corrected chi connectivity index (χ4v) is 5.64. The first kappa shape index (κ1) is 16.8. The van der Waals surface area contributed by atoms with E-state index in [-0.39, 0.29) is 17.6 Å². The number of benzene rings is 1. The van der Waals surface area contributed by atoms with Gasteiger partial charge in [-0.2, -0.15) is 0 Å². The molecule has 4 nitrogen and oxygen atoms in total. The smallest absolute Gasteiger partial charge is 0.264 e. The van der Waals surface area contributed by atoms with Gasteiger partial charge in [-0.1, -0.05) is 30.2 Å². The Balaban J connectivity index is 1.77. The number of sulfonamides is 1. The molecule has 2 saturated carbocycles. The second kappa shape index (κ2) is 6.27. The molecule has 25 heavy (non-hydrogen) atoms. The first-order valence-electron chi connectivity index (χ1n) is 9.31. The summed E-state index contributed by atoms with van der Waals surface area (Å²) in [5, 5.41) is 0. The molecule has 1 aromatic carbocycles. The molecule has 134 valence electrons. The van der Waals surface area contributed by atoms with Crippen molar-refractivity contribution in [2.24, 2.45) is 17.8 Å². The summed E-state index contributed by atoms with van der Waals surface area (Å²) < 4.78 is 28.2. The van der Waals surface area contributed by atoms with Gasteiger partial charge in [-0.25, -0.2) is 8.42 Å². The maximum absolute atomic E-state index is 13.3. The Labute approximate surface area is 150 Å². The minimum atomic E-state index is -3.62. The molecule has 0 N–H and O–H groups in total. The molecule has 3 aliphatic rings. The van der Waals surface area contributed by atoms with Gasteiger partial charge >= 0.3 is 0 Å². The molecular weight excluding hydrogens is 334 g/mol. The van der Waals surface area contributed by atoms with Gasteiger partial charge in [-0.15, -0.1) is 0 Å². The quantitative estimate of drug-likeness (QED) is 0.827. The van der Waals surface area contributed by atoms with Crippen LogP contribution in [0.3, 0.4) is 0 Å². The number of carbonyl (C=O) groups is 1. The Kier molecular flexibility index (Phi) is 4.22. The molecule has 2 unspecified atom stereocenters. The first-order chi connectivity index (χ1) is 12.0. The summed E-state index contributed by atoms with van der Waals surface area (Å²) in [6.45, 7) is 2.37. The number of ketones is 1. The van der Waals surface area contributed by atoms with Crippen molar-refractivity contribution in [3.8, 4) is 0 Å². The summed E-state index contributed by atoms with van der Waals surface area (Å²) in [5.74, 6) is 0.499. The molecule has 2 aliphatic carbocycles. The number of hydrogen-bond acceptors (Lipinski definition) is 3. The van der Waals surface area contributed by atoms with Gasteiger partial charge in [0, 0.05) is 18.2 Å². The minimum Gasteiger partial charge on any atom is -0.299 e. The topological polar surface area (TPSA) is 54.5 Å². The van der Waals surface area contributed by atoms with Crippen molar-refractivity contribution in [3.63, 3.8) is 0 Å². The number of rotatable bonds is 3. The van der Waals surface area contributed by atoms with Crippen molar-refractivity contribution >= 4 is 15.8 Å². The van der Waals surface area contributed by atoms with Crippen LogP contribution in [0.4, 0.5) is 0 Å². The van der Waals surface area contributed by atoms with E-state index in [4.69, 9.17) is 0 Å². The summed E-state index contributed by atoms with van der Waals surface area (Å²) in [7, 11) is -3.62. The van der Waals surface area contributed by atoms with E-state index in [2.05, 4.69) is 6.08 Å². The van der Waals surface area contributed by atoms with Crippen LogP contribution < -0.4 is 0 Å². The monoisotopic (exact) mass is 359 g/mol. The summed E-state index contributed by atoms with van der Waals surface area (Å²) in [4.78, 5) is 13.2. The van der Waals surface area contributed by atoms with Gasteiger partial charge in [0.2, 0.25) is 0 Å². The van der Waals surface area contributed by atoms with E-state index in [1.165, 1.54) is 0 Å². The van der Waals surface area contributed by atoms with E-state index in [0.717, 1.165) is 43.4 Å². The van der Waals surface area contributed by atoms with E-state index in [1.54, 1.807) is 16.4 Å². The van der Waals surface area contributed by atoms with Crippen molar-refractivity contribution in [2.75, 3.05) is 6.54 Å². The maximum atomic E-state index is 13.3. The van der Waals surface area contributed by atoms with Crippen LogP contribution in [0.25, 0.3) is 0 Å². The normalized spacial score (nSPS) is 28.9. The van der Waals surface area contributed by atoms with Crippen LogP contribution in [0, 0.1) is 24.7 Å². The third kappa shape index (κ3) is 3.14. The summed E-state index contributed by atoms with van der Waals surface area (Å²) in [5.41, 5.74) is 1.80. The Morgan fingerprint density at radius 2 is 1.76 bits per heavy atom. The molecule has 0 radical (unpaired) electrons. The van der Waals surface area contributed by atoms with Crippen LogP contribution in [0.2, 0.25) is 0 Å². The Hall–Kier alpha value is -1.62. The fourth-order valence-electron chi connectivity index (χ4n) is 4.09. The predicted octanol–water partition coefficient (Wildman–Crippen LogP) is 3.67. The number of allylic oxidation sites excluding steroid dienone is 2. The lowest BCUT2D eigenvalue weighted by Crippen LogP contribution is -2.35. The first-order valence-corrected chi connectivity index (χ1v) is 10.8. The molecule has 2 bridgehead atoms. The highest BCUT2D eigenvalue weighted by atomic mass is 32.2. The van der Waals surface area contributed by atoms with Gasteiger partial charge in [0.05, 0.1) is 10.8 Å². The Bertz CT molecular complexity index is 806. The number of hydrogen-bond donors (Lipinski definition) is 0. The van der Waals surface area contributed by atoms with Crippen molar-refractivity contribution in [2.45, 2.75) is 50.3 Å². The van der Waals surface area contributed by atoms with Crippen LogP contribution in [-0.2, 0) is 14.8 Å². The van der Waals surface area contributed by atoms with Gasteiger partial charge in [0.1, 0.15) is 5.78 Å². The lowest BCUT2D eigenvalue weighted by Gasteiger charge is -2.30. The van der Waals surface area contributed by atoms with Gasteiger partial charge < -0.3 is 0 Å². The molecule has 3 fully saturated rings. The van der Waals surface area contributed by atoms with Gasteiger partial charge in [0.25, 0.3) is 10.0 Å². The molecule has 1 aliphatic heterocycles. The van der Waals surface area contributed by atoms with E-state index < -0.39 is 10.0 Å². The van der Waals surface area contributed by atoms with Gasteiger partial charge in [0.15, 0.2) is 0 Å². The van der Waals surface area contributed by atoms with E-state index >= 15 is 0 Å². The fraction of sp³-hybridized carbons (Fsp3) is 0.550. The minimum absolute atomic E-state index is 0.0274. The largest absolute Gasteiger partial charge is 0.299 e. The average molecular weight is 359 g/mol. The number of nitrogens with zero attached hydrogens (tertiary/aromatic N) is 1. The zero-order valence-electron chi connectivity index (χ0n) is 14.6. The van der Waals surface area contributed by atoms with Crippen molar-refractivity contribution in [1.82, 2.24) is 4.31 Å². The zero-order chi connectivity index (χ0) is 17.6. The van der Waals surface area contributed by atoms with Gasteiger partial charge in [-0.05, 0) is 57.1 Å². The standard InChI is InChI=1S/C20H25NO3S/c1-14-5-9-17(10-6-14)25(23,24)21-12-11-16-3-2-4-18(20(16)22)19(21)13-15-7-8-15/h5-6,9-10,13,15-16,18H,2-4,7-8,11-12H2,1H3/b19-13+. The van der Waals surface area contributed by atoms with Crippen LogP contribution >= 0.6 is 0 Å². The molecule has 0 amide bonds. The van der Waals surface area contributed by atoms with Crippen molar-refractivity contribution in [3.05, 3.63) is 41.6 Å². The predicted molar refractivity (Wildman–Crippen MR) is 96.3 cm³/mol. The second-order valence-electron chi connectivity index (χ2n) is 7.69. The Morgan fingerprint density at radius 1 is 1.04 bits per heavy atom. The van der Waals surface area contributed by atoms with Gasteiger partial charge in [-0.3, -0.25) is 9.10 Å². The molecule has 4 rings (SSSR count). The van der Waals surface area contributed by atoms with E-state index in [1.807, 2.05) is 19.1 Å². The highest BCUT2D eigenvalue weighted by Crippen LogP contribution is 2.42. The molecular formula is C20H25NO3S. The molecule has 0 spiro atoms. The zero-order valence-corrected chi connectivity index (χ0v) is 15.5. The number of Topliss-reactive ketones (excluding diaryl/α,β-unsaturated/α-hetero) is 1. The number of carbonyl (C=O) groups excluding carboxylic acids is 1. The molecule has 1 aromatic rings. The SMILES string of the molecule is Cc1ccc(S(=O)(=O)N2CCC3CCCC(C3=O)/C2=C\C2CC2)cc1. The molecule has 0 aromatic heterocycles. The second-order valence-corrected chi connectivity index (χ2v) is 9.55. The van der Waals surface area contributed by atoms with Crippen molar-refractivity contribution in [1.29, 1.82) is 0 Å². The number of aryl methyl sites for hydroxylation is 1. The molecule has 5 heteroatoms. The highest BCUT2D eigenvalue weighted by Gasteiger charge is 2.42. The molecule has 2 atom stereocenters. The van der Waals surface area contributed by atoms with Crippen LogP contribution in [0.1, 0.15) is 44.1 Å². The van der Waals surface area contributed by atoms with Crippen LogP contribution in [-0.4, -0.2) is 25.1 Å². The van der Waals surface area contributed by atoms with E-state index in [0.29, 0.717) is 23.8 Å². The summed E-state index contributed by atoms with van der Waals surface area (Å²) >= 11 is 0. The van der Waals surface area contributed by atoms with E-state index in [9.17, 15) is 13.2 Å². The summed E-state index contributed by atoms with van der Waals surface area (Å²) in [6.07, 6.45) is 7.64. The van der Waals surface area contributed by atoms with Crippen LogP contribution in [0.15, 0.2) is 40.9 Å². The third-order valence-corrected chi connectivity index (χ3v) is 7.60. The average Bonchev–Trinajstić information content (AvgIpc) is 3.39. The Morgan fingerprint density at radius 3 is 2.44 bits per heavy atom. The summed E-state index contributed by atoms with van der Waals surface area (Å²) in [6, 6.07) is 7.02. The highest BCUT2D eigenvalue weighted by molar-refractivity contribution is 7.89. The maximum Gasteiger partial charge on any atom is 0.264 e. The third-order valence-electron chi connectivity index (χ3n) is 5.75. The van der Waals surface area contributed by atoms with Crippen molar-refractivity contribution < 1.29 is 13.2 Å². The lowest BCUT2D eigenvalue weighted by molar-refractivity contribution is -0.127. The molecule has 1 heterocycles.